The Balaban J connectivity index is 2.20. The molecule has 6 heteroatoms. The van der Waals surface area contributed by atoms with Crippen LogP contribution in [0.1, 0.15) is 81.2 Å². The van der Waals surface area contributed by atoms with Crippen LogP contribution in [0.5, 0.6) is 0 Å². The fraction of sp³-hybridized carbons (Fsp3) is 0.750. The number of oxazole rings is 1. The van der Waals surface area contributed by atoms with E-state index in [2.05, 4.69) is 17.2 Å². The minimum atomic E-state index is -0.776. The van der Waals surface area contributed by atoms with Crippen LogP contribution in [0.2, 0.25) is 0 Å². The van der Waals surface area contributed by atoms with Gasteiger partial charge in [-0.15, -0.1) is 0 Å². The Morgan fingerprint density at radius 1 is 1.32 bits per heavy atom. The number of hydrogen-bond donors (Lipinski definition) is 3. The lowest BCUT2D eigenvalue weighted by Gasteiger charge is -2.09. The van der Waals surface area contributed by atoms with Gasteiger partial charge >= 0.3 is 0 Å². The molecule has 126 valence electrons. The van der Waals surface area contributed by atoms with Crippen LogP contribution in [0.3, 0.4) is 0 Å². The molecule has 0 aliphatic rings. The van der Waals surface area contributed by atoms with Crippen molar-refractivity contribution in [1.82, 2.24) is 10.3 Å². The Labute approximate surface area is 132 Å². The van der Waals surface area contributed by atoms with Gasteiger partial charge in [0.2, 0.25) is 5.89 Å². The third-order valence-electron chi connectivity index (χ3n) is 3.63. The molecule has 1 heterocycles. The van der Waals surface area contributed by atoms with Gasteiger partial charge in [0.25, 0.3) is 5.91 Å². The number of aliphatic hydroxyl groups is 1. The Morgan fingerprint density at radius 2 is 1.95 bits per heavy atom. The maximum absolute atomic E-state index is 11.9. The lowest BCUT2D eigenvalue weighted by atomic mass is 10.1. The third kappa shape index (κ3) is 6.58. The summed E-state index contributed by atoms with van der Waals surface area (Å²) >= 11 is 0. The van der Waals surface area contributed by atoms with Crippen molar-refractivity contribution in [3.63, 3.8) is 0 Å². The molecule has 0 bridgehead atoms. The highest BCUT2D eigenvalue weighted by Crippen LogP contribution is 2.13. The molecule has 1 amide bonds. The summed E-state index contributed by atoms with van der Waals surface area (Å²) in [5.41, 5.74) is 5.91. The van der Waals surface area contributed by atoms with E-state index >= 15 is 0 Å². The molecule has 2 unspecified atom stereocenters. The first-order valence-corrected chi connectivity index (χ1v) is 8.23. The van der Waals surface area contributed by atoms with Gasteiger partial charge in [0.05, 0.1) is 6.10 Å². The maximum Gasteiger partial charge on any atom is 0.273 e. The number of nitrogens with two attached hydrogens (primary N) is 1. The zero-order chi connectivity index (χ0) is 16.4. The first-order chi connectivity index (χ1) is 10.6. The van der Waals surface area contributed by atoms with Crippen molar-refractivity contribution >= 4 is 5.91 Å². The highest BCUT2D eigenvalue weighted by molar-refractivity contribution is 5.91. The van der Waals surface area contributed by atoms with Crippen molar-refractivity contribution in [3.05, 3.63) is 17.8 Å². The van der Waals surface area contributed by atoms with E-state index < -0.39 is 12.1 Å². The van der Waals surface area contributed by atoms with Crippen LogP contribution < -0.4 is 11.1 Å². The van der Waals surface area contributed by atoms with E-state index in [9.17, 15) is 9.90 Å². The zero-order valence-corrected chi connectivity index (χ0v) is 13.7. The summed E-state index contributed by atoms with van der Waals surface area (Å²) in [5.74, 6) is -0.0881. The molecular formula is C16H29N3O3. The highest BCUT2D eigenvalue weighted by atomic mass is 16.3. The number of amides is 1. The first kappa shape index (κ1) is 18.6. The lowest BCUT2D eigenvalue weighted by Crippen LogP contribution is -2.26. The van der Waals surface area contributed by atoms with Crippen LogP contribution in [0.25, 0.3) is 0 Å². The molecule has 22 heavy (non-hydrogen) atoms. The second-order valence-corrected chi connectivity index (χ2v) is 5.71. The number of unbranched alkanes of at least 4 members (excludes halogenated alkanes) is 6. The van der Waals surface area contributed by atoms with Crippen molar-refractivity contribution in [2.24, 2.45) is 5.73 Å². The molecule has 0 aliphatic carbocycles. The van der Waals surface area contributed by atoms with Gasteiger partial charge in [0, 0.05) is 6.54 Å². The van der Waals surface area contributed by atoms with E-state index in [1.54, 1.807) is 6.92 Å². The molecule has 0 saturated heterocycles. The molecule has 0 saturated carbocycles. The van der Waals surface area contributed by atoms with Crippen molar-refractivity contribution in [2.45, 2.75) is 70.9 Å². The van der Waals surface area contributed by atoms with Gasteiger partial charge in [0.15, 0.2) is 5.69 Å². The minimum absolute atomic E-state index is 0.177. The Kier molecular flexibility index (Phi) is 8.77. The van der Waals surface area contributed by atoms with Gasteiger partial charge in [-0.25, -0.2) is 4.98 Å². The van der Waals surface area contributed by atoms with Gasteiger partial charge in [-0.2, -0.15) is 0 Å². The monoisotopic (exact) mass is 311 g/mol. The summed E-state index contributed by atoms with van der Waals surface area (Å²) in [5, 5.41) is 12.2. The lowest BCUT2D eigenvalue weighted by molar-refractivity contribution is 0.0947. The molecule has 0 aliphatic heterocycles. The topological polar surface area (TPSA) is 101 Å². The van der Waals surface area contributed by atoms with Crippen molar-refractivity contribution < 1.29 is 14.3 Å². The van der Waals surface area contributed by atoms with Crippen LogP contribution >= 0.6 is 0 Å². The molecule has 0 spiro atoms. The quantitative estimate of drug-likeness (QED) is 0.545. The van der Waals surface area contributed by atoms with Crippen LogP contribution in [0.15, 0.2) is 10.7 Å². The molecule has 2 atom stereocenters. The number of carbonyl (C=O) groups excluding carboxylic acids is 1. The summed E-state index contributed by atoms with van der Waals surface area (Å²) in [6.45, 7) is 4.39. The molecule has 0 radical (unpaired) electrons. The van der Waals surface area contributed by atoms with Crippen molar-refractivity contribution in [2.75, 3.05) is 6.54 Å². The number of carbonyl (C=O) groups is 1. The van der Waals surface area contributed by atoms with Gasteiger partial charge in [-0.1, -0.05) is 45.4 Å². The van der Waals surface area contributed by atoms with E-state index in [4.69, 9.17) is 10.2 Å². The zero-order valence-electron chi connectivity index (χ0n) is 13.7. The third-order valence-corrected chi connectivity index (χ3v) is 3.63. The number of nitrogens with one attached hydrogen (secondary N) is 1. The van der Waals surface area contributed by atoms with Crippen molar-refractivity contribution in [1.29, 1.82) is 0 Å². The number of aliphatic hydroxyl groups excluding tert-OH is 1. The summed E-state index contributed by atoms with van der Waals surface area (Å²) in [7, 11) is 0. The molecule has 1 aromatic rings. The molecule has 0 fully saturated rings. The SMILES string of the molecule is CCCCCCCCCNC(=O)c1coc(C(N)C(C)O)n1. The molecule has 6 nitrogen and oxygen atoms in total. The average molecular weight is 311 g/mol. The average Bonchev–Trinajstić information content (AvgIpc) is 2.98. The largest absolute Gasteiger partial charge is 0.446 e. The summed E-state index contributed by atoms with van der Waals surface area (Å²) in [4.78, 5) is 15.9. The van der Waals surface area contributed by atoms with Crippen LogP contribution in [0.4, 0.5) is 0 Å². The smallest absolute Gasteiger partial charge is 0.273 e. The highest BCUT2D eigenvalue weighted by Gasteiger charge is 2.20. The number of aromatic nitrogens is 1. The molecule has 1 rings (SSSR count). The summed E-state index contributed by atoms with van der Waals surface area (Å²) < 4.78 is 5.13. The van der Waals surface area contributed by atoms with E-state index in [-0.39, 0.29) is 17.5 Å². The van der Waals surface area contributed by atoms with Gasteiger partial charge in [-0.3, -0.25) is 4.79 Å². The normalized spacial score (nSPS) is 13.8. The fourth-order valence-electron chi connectivity index (χ4n) is 2.13. The van der Waals surface area contributed by atoms with Gasteiger partial charge in [-0.05, 0) is 13.3 Å². The van der Waals surface area contributed by atoms with Crippen LogP contribution in [-0.4, -0.2) is 28.6 Å². The van der Waals surface area contributed by atoms with Crippen molar-refractivity contribution in [3.8, 4) is 0 Å². The molecular weight excluding hydrogens is 282 g/mol. The maximum atomic E-state index is 11.9. The second kappa shape index (κ2) is 10.3. The number of rotatable bonds is 11. The van der Waals surface area contributed by atoms with Gasteiger partial charge < -0.3 is 20.6 Å². The van der Waals surface area contributed by atoms with Crippen LogP contribution in [-0.2, 0) is 0 Å². The number of nitrogens with zero attached hydrogens (tertiary/aromatic N) is 1. The summed E-state index contributed by atoms with van der Waals surface area (Å²) in [6.07, 6.45) is 8.94. The molecule has 1 aromatic heterocycles. The second-order valence-electron chi connectivity index (χ2n) is 5.71. The Morgan fingerprint density at radius 3 is 2.59 bits per heavy atom. The number of hydrogen-bond acceptors (Lipinski definition) is 5. The standard InChI is InChI=1S/C16H29N3O3/c1-3-4-5-6-7-8-9-10-18-15(21)13-11-22-16(19-13)14(17)12(2)20/h11-12,14,20H,3-10,17H2,1-2H3,(H,18,21). The van der Waals surface area contributed by atoms with Gasteiger partial charge in [0.1, 0.15) is 12.3 Å². The predicted octanol–water partition coefficient (Wildman–Crippen LogP) is 2.54. The predicted molar refractivity (Wildman–Crippen MR) is 85.4 cm³/mol. The fourth-order valence-corrected chi connectivity index (χ4v) is 2.13. The van der Waals surface area contributed by atoms with E-state index in [0.29, 0.717) is 6.54 Å². The summed E-state index contributed by atoms with van der Waals surface area (Å²) in [6, 6.07) is -0.718. The molecule has 4 N–H and O–H groups in total. The van der Waals surface area contributed by atoms with E-state index in [0.717, 1.165) is 12.8 Å². The Bertz CT molecular complexity index is 432. The van der Waals surface area contributed by atoms with E-state index in [1.165, 1.54) is 38.4 Å². The minimum Gasteiger partial charge on any atom is -0.446 e. The first-order valence-electron chi connectivity index (χ1n) is 8.23. The van der Waals surface area contributed by atoms with E-state index in [1.807, 2.05) is 0 Å². The van der Waals surface area contributed by atoms with Crippen LogP contribution in [0, 0.1) is 0 Å². The molecule has 0 aromatic carbocycles. The Hall–Kier alpha value is -1.40.